The standard InChI is InChI=1S/C10H14ClN3O2/c11-8-9(13-6-14-10(8)15)12-5-7-3-1-2-4-16-7/h6-7H,1-5H2,(H2,12,13,14,15). The van der Waals surface area contributed by atoms with Crippen molar-refractivity contribution in [2.45, 2.75) is 25.4 Å². The van der Waals surface area contributed by atoms with Crippen LogP contribution in [0.1, 0.15) is 19.3 Å². The predicted octanol–water partition coefficient (Wildman–Crippen LogP) is 1.40. The molecule has 0 spiro atoms. The van der Waals surface area contributed by atoms with Gasteiger partial charge in [0.2, 0.25) is 0 Å². The predicted molar refractivity (Wildman–Crippen MR) is 61.9 cm³/mol. The van der Waals surface area contributed by atoms with Crippen LogP contribution in [0.4, 0.5) is 5.82 Å². The van der Waals surface area contributed by atoms with Gasteiger partial charge in [0.05, 0.1) is 12.4 Å². The number of ether oxygens (including phenoxy) is 1. The first kappa shape index (κ1) is 11.4. The summed E-state index contributed by atoms with van der Waals surface area (Å²) in [6.45, 7) is 1.44. The van der Waals surface area contributed by atoms with E-state index in [9.17, 15) is 4.79 Å². The number of nitrogens with one attached hydrogen (secondary N) is 2. The minimum atomic E-state index is -0.330. The average molecular weight is 244 g/mol. The van der Waals surface area contributed by atoms with E-state index in [0.717, 1.165) is 19.4 Å². The lowest BCUT2D eigenvalue weighted by molar-refractivity contribution is 0.0247. The zero-order valence-electron chi connectivity index (χ0n) is 8.83. The number of halogens is 1. The van der Waals surface area contributed by atoms with E-state index < -0.39 is 0 Å². The number of aromatic nitrogens is 2. The van der Waals surface area contributed by atoms with Gasteiger partial charge in [-0.15, -0.1) is 0 Å². The molecule has 0 bridgehead atoms. The van der Waals surface area contributed by atoms with Gasteiger partial charge < -0.3 is 15.0 Å². The van der Waals surface area contributed by atoms with Crippen LogP contribution in [-0.2, 0) is 4.74 Å². The molecule has 1 aromatic heterocycles. The Labute approximate surface area is 98.2 Å². The lowest BCUT2D eigenvalue weighted by Gasteiger charge is -2.22. The summed E-state index contributed by atoms with van der Waals surface area (Å²) in [7, 11) is 0. The third kappa shape index (κ3) is 2.74. The average Bonchev–Trinajstić information content (AvgIpc) is 2.32. The fourth-order valence-electron chi connectivity index (χ4n) is 1.69. The first-order valence-electron chi connectivity index (χ1n) is 5.36. The van der Waals surface area contributed by atoms with Gasteiger partial charge in [0.25, 0.3) is 5.56 Å². The number of hydrogen-bond acceptors (Lipinski definition) is 4. The highest BCUT2D eigenvalue weighted by molar-refractivity contribution is 6.32. The van der Waals surface area contributed by atoms with Gasteiger partial charge in [-0.1, -0.05) is 11.6 Å². The maximum atomic E-state index is 11.2. The summed E-state index contributed by atoms with van der Waals surface area (Å²) in [4.78, 5) is 17.6. The molecule has 0 aromatic carbocycles. The molecular weight excluding hydrogens is 230 g/mol. The minimum Gasteiger partial charge on any atom is -0.376 e. The van der Waals surface area contributed by atoms with Crippen LogP contribution in [-0.4, -0.2) is 29.2 Å². The van der Waals surface area contributed by atoms with Crippen LogP contribution in [0.25, 0.3) is 0 Å². The zero-order valence-corrected chi connectivity index (χ0v) is 9.59. The van der Waals surface area contributed by atoms with Crippen LogP contribution in [0.15, 0.2) is 11.1 Å². The molecule has 88 valence electrons. The Kier molecular flexibility index (Phi) is 3.79. The van der Waals surface area contributed by atoms with Crippen molar-refractivity contribution < 1.29 is 4.74 Å². The van der Waals surface area contributed by atoms with E-state index in [4.69, 9.17) is 16.3 Å². The van der Waals surface area contributed by atoms with E-state index in [1.54, 1.807) is 0 Å². The fraction of sp³-hybridized carbons (Fsp3) is 0.600. The summed E-state index contributed by atoms with van der Waals surface area (Å²) in [6.07, 6.45) is 4.86. The molecule has 1 unspecified atom stereocenters. The van der Waals surface area contributed by atoms with Gasteiger partial charge in [-0.2, -0.15) is 0 Å². The molecule has 2 N–H and O–H groups in total. The van der Waals surface area contributed by atoms with Crippen molar-refractivity contribution in [2.75, 3.05) is 18.5 Å². The lowest BCUT2D eigenvalue weighted by atomic mass is 10.1. The molecule has 5 nitrogen and oxygen atoms in total. The smallest absolute Gasteiger partial charge is 0.271 e. The molecular formula is C10H14ClN3O2. The summed E-state index contributed by atoms with van der Waals surface area (Å²) >= 11 is 5.80. The van der Waals surface area contributed by atoms with Gasteiger partial charge in [0.15, 0.2) is 5.82 Å². The second kappa shape index (κ2) is 5.32. The molecule has 6 heteroatoms. The first-order chi connectivity index (χ1) is 7.77. The zero-order chi connectivity index (χ0) is 11.4. The topological polar surface area (TPSA) is 67.0 Å². The van der Waals surface area contributed by atoms with Crippen molar-refractivity contribution in [3.05, 3.63) is 21.7 Å². The van der Waals surface area contributed by atoms with Gasteiger partial charge in [-0.05, 0) is 19.3 Å². The monoisotopic (exact) mass is 243 g/mol. The maximum absolute atomic E-state index is 11.2. The molecule has 0 saturated carbocycles. The molecule has 0 amide bonds. The molecule has 1 aliphatic heterocycles. The number of nitrogens with zero attached hydrogens (tertiary/aromatic N) is 1. The van der Waals surface area contributed by atoms with Crippen LogP contribution >= 0.6 is 11.6 Å². The van der Waals surface area contributed by atoms with Crippen LogP contribution in [0, 0.1) is 0 Å². The van der Waals surface area contributed by atoms with E-state index >= 15 is 0 Å². The highest BCUT2D eigenvalue weighted by Crippen LogP contribution is 2.16. The Hall–Kier alpha value is -1.07. The van der Waals surface area contributed by atoms with Crippen LogP contribution in [0.5, 0.6) is 0 Å². The summed E-state index contributed by atoms with van der Waals surface area (Å²) < 4.78 is 5.55. The Morgan fingerprint density at radius 1 is 1.62 bits per heavy atom. The van der Waals surface area contributed by atoms with Crippen molar-refractivity contribution in [3.8, 4) is 0 Å². The van der Waals surface area contributed by atoms with Crippen molar-refractivity contribution in [3.63, 3.8) is 0 Å². The summed E-state index contributed by atoms with van der Waals surface area (Å²) in [6, 6.07) is 0. The van der Waals surface area contributed by atoms with Crippen molar-refractivity contribution >= 4 is 17.4 Å². The molecule has 1 fully saturated rings. The quantitative estimate of drug-likeness (QED) is 0.842. The molecule has 2 rings (SSSR count). The highest BCUT2D eigenvalue weighted by atomic mass is 35.5. The third-order valence-electron chi connectivity index (χ3n) is 2.57. The number of H-pyrrole nitrogens is 1. The molecule has 2 heterocycles. The number of rotatable bonds is 3. The van der Waals surface area contributed by atoms with Crippen LogP contribution in [0.3, 0.4) is 0 Å². The van der Waals surface area contributed by atoms with Gasteiger partial charge in [0, 0.05) is 13.2 Å². The second-order valence-electron chi connectivity index (χ2n) is 3.76. The molecule has 1 aromatic rings. The molecule has 0 radical (unpaired) electrons. The molecule has 1 saturated heterocycles. The number of hydrogen-bond donors (Lipinski definition) is 2. The largest absolute Gasteiger partial charge is 0.376 e. The van der Waals surface area contributed by atoms with E-state index in [2.05, 4.69) is 15.3 Å². The van der Waals surface area contributed by atoms with E-state index in [-0.39, 0.29) is 16.7 Å². The van der Waals surface area contributed by atoms with E-state index in [1.807, 2.05) is 0 Å². The molecule has 1 atom stereocenters. The van der Waals surface area contributed by atoms with E-state index in [1.165, 1.54) is 12.7 Å². The first-order valence-corrected chi connectivity index (χ1v) is 5.74. The summed E-state index contributed by atoms with van der Waals surface area (Å²) in [5.41, 5.74) is -0.330. The SMILES string of the molecule is O=c1[nH]cnc(NCC2CCCCO2)c1Cl. The van der Waals surface area contributed by atoms with Gasteiger partial charge in [-0.25, -0.2) is 4.98 Å². The van der Waals surface area contributed by atoms with Crippen LogP contribution in [0.2, 0.25) is 5.02 Å². The molecule has 1 aliphatic rings. The maximum Gasteiger partial charge on any atom is 0.271 e. The fourth-order valence-corrected chi connectivity index (χ4v) is 1.86. The summed E-state index contributed by atoms with van der Waals surface area (Å²) in [5, 5.41) is 3.13. The summed E-state index contributed by atoms with van der Waals surface area (Å²) in [5.74, 6) is 0.416. The number of aromatic amines is 1. The second-order valence-corrected chi connectivity index (χ2v) is 4.14. The van der Waals surface area contributed by atoms with Crippen molar-refractivity contribution in [1.82, 2.24) is 9.97 Å². The van der Waals surface area contributed by atoms with Crippen LogP contribution < -0.4 is 10.9 Å². The van der Waals surface area contributed by atoms with Crippen molar-refractivity contribution in [2.24, 2.45) is 0 Å². The Bertz CT molecular complexity index is 401. The van der Waals surface area contributed by atoms with Gasteiger partial charge >= 0.3 is 0 Å². The Morgan fingerprint density at radius 2 is 2.50 bits per heavy atom. The Balaban J connectivity index is 1.93. The highest BCUT2D eigenvalue weighted by Gasteiger charge is 2.14. The normalized spacial score (nSPS) is 20.7. The molecule has 0 aliphatic carbocycles. The molecule has 16 heavy (non-hydrogen) atoms. The number of anilines is 1. The third-order valence-corrected chi connectivity index (χ3v) is 2.92. The van der Waals surface area contributed by atoms with Gasteiger partial charge in [-0.3, -0.25) is 4.79 Å². The minimum absolute atomic E-state index is 0.0957. The van der Waals surface area contributed by atoms with Gasteiger partial charge in [0.1, 0.15) is 5.02 Å². The Morgan fingerprint density at radius 3 is 3.25 bits per heavy atom. The lowest BCUT2D eigenvalue weighted by Crippen LogP contribution is -2.27. The van der Waals surface area contributed by atoms with Crippen molar-refractivity contribution in [1.29, 1.82) is 0 Å². The van der Waals surface area contributed by atoms with E-state index in [0.29, 0.717) is 12.4 Å².